The lowest BCUT2D eigenvalue weighted by Crippen LogP contribution is -2.45. The van der Waals surface area contributed by atoms with E-state index in [1.165, 1.54) is 40.0 Å². The van der Waals surface area contributed by atoms with Crippen molar-refractivity contribution in [2.45, 2.75) is 12.5 Å². The molecule has 1 aliphatic rings. The van der Waals surface area contributed by atoms with Gasteiger partial charge < -0.3 is 25.6 Å². The van der Waals surface area contributed by atoms with Crippen molar-refractivity contribution in [3.8, 4) is 6.07 Å². The van der Waals surface area contributed by atoms with Gasteiger partial charge in [0.15, 0.2) is 5.82 Å². The summed E-state index contributed by atoms with van der Waals surface area (Å²) in [6.45, 7) is 1.45. The Balaban J connectivity index is 1.80. The summed E-state index contributed by atoms with van der Waals surface area (Å²) < 4.78 is 20.0. The minimum Gasteiger partial charge on any atom is -0.448 e. The molecule has 1 unspecified atom stereocenters. The fourth-order valence-electron chi connectivity index (χ4n) is 3.43. The third-order valence-corrected chi connectivity index (χ3v) is 5.21. The first kappa shape index (κ1) is 23.0. The maximum Gasteiger partial charge on any atom is 0.409 e. The number of aromatic nitrogens is 2. The van der Waals surface area contributed by atoms with Crippen LogP contribution in [-0.4, -0.2) is 71.9 Å². The molecule has 0 radical (unpaired) electrons. The molecule has 1 fully saturated rings. The first-order valence-electron chi connectivity index (χ1n) is 10.2. The number of likely N-dealkylation sites (N-methyl/N-ethyl adjacent to an activating group) is 1. The number of hydrogen-bond donors (Lipinski definition) is 2. The Labute approximate surface area is 185 Å². The number of amides is 2. The Kier molecular flexibility index (Phi) is 7.27. The first-order chi connectivity index (χ1) is 15.3. The molecule has 0 spiro atoms. The lowest BCUT2D eigenvalue weighted by Gasteiger charge is -2.35. The second-order valence-corrected chi connectivity index (χ2v) is 7.82. The molecule has 3 N–H and O–H groups in total. The highest BCUT2D eigenvalue weighted by molar-refractivity contribution is 5.98. The quantitative estimate of drug-likeness (QED) is 0.669. The summed E-state index contributed by atoms with van der Waals surface area (Å²) in [5.74, 6) is -1.33. The van der Waals surface area contributed by atoms with E-state index in [1.807, 2.05) is 19.0 Å². The summed E-state index contributed by atoms with van der Waals surface area (Å²) in [6, 6.07) is 7.32. The molecular weight excluding hydrogens is 417 g/mol. The number of halogens is 1. The number of nitrogens with zero attached hydrogens (tertiary/aromatic N) is 5. The van der Waals surface area contributed by atoms with Crippen LogP contribution in [0, 0.1) is 23.1 Å². The predicted octanol–water partition coefficient (Wildman–Crippen LogP) is 1.95. The topological polar surface area (TPSA) is 130 Å². The van der Waals surface area contributed by atoms with Gasteiger partial charge >= 0.3 is 6.09 Å². The van der Waals surface area contributed by atoms with E-state index < -0.39 is 29.8 Å². The van der Waals surface area contributed by atoms with Crippen LogP contribution in [0.15, 0.2) is 30.5 Å². The Morgan fingerprint density at radius 2 is 2.09 bits per heavy atom. The third-order valence-electron chi connectivity index (χ3n) is 5.21. The van der Waals surface area contributed by atoms with Crippen LogP contribution in [-0.2, 0) is 4.74 Å². The van der Waals surface area contributed by atoms with Gasteiger partial charge in [-0.25, -0.2) is 9.18 Å². The standard InChI is InChI=1S/C21H26FN7O3/c1-27(2)9-10-32-21(31)28-8-7-14(11-23)18(13-28)29-12-17(19(24)30)20(26-29)25-16-5-3-15(22)4-6-16/h3-6,12,14,18H,7-10,13H2,1-2H3,(H2,24,30)(H,25,26)/t14-,18?/m0/s1. The molecular formula is C21H26FN7O3. The Morgan fingerprint density at radius 3 is 2.72 bits per heavy atom. The monoisotopic (exact) mass is 443 g/mol. The number of benzene rings is 1. The summed E-state index contributed by atoms with van der Waals surface area (Å²) in [5, 5.41) is 17.0. The zero-order valence-corrected chi connectivity index (χ0v) is 18.0. The lowest BCUT2D eigenvalue weighted by atomic mass is 9.93. The second kappa shape index (κ2) is 10.1. The molecule has 2 atom stereocenters. The molecule has 0 aliphatic carbocycles. The number of anilines is 2. The maximum atomic E-state index is 13.2. The summed E-state index contributed by atoms with van der Waals surface area (Å²) in [4.78, 5) is 27.9. The highest BCUT2D eigenvalue weighted by atomic mass is 19.1. The second-order valence-electron chi connectivity index (χ2n) is 7.82. The number of piperidine rings is 1. The molecule has 1 aromatic carbocycles. The average Bonchev–Trinajstić information content (AvgIpc) is 3.18. The minimum atomic E-state index is -0.704. The fourth-order valence-corrected chi connectivity index (χ4v) is 3.43. The fraction of sp³-hybridized carbons (Fsp3) is 0.429. The van der Waals surface area contributed by atoms with E-state index in [2.05, 4.69) is 16.5 Å². The lowest BCUT2D eigenvalue weighted by molar-refractivity contribution is 0.0721. The summed E-state index contributed by atoms with van der Waals surface area (Å²) >= 11 is 0. The molecule has 32 heavy (non-hydrogen) atoms. The van der Waals surface area contributed by atoms with Gasteiger partial charge in [0.25, 0.3) is 5.91 Å². The number of nitrogens with one attached hydrogen (secondary N) is 1. The van der Waals surface area contributed by atoms with Crippen molar-refractivity contribution in [3.63, 3.8) is 0 Å². The molecule has 1 aliphatic heterocycles. The van der Waals surface area contributed by atoms with Crippen molar-refractivity contribution in [3.05, 3.63) is 41.8 Å². The molecule has 0 saturated carbocycles. The summed E-state index contributed by atoms with van der Waals surface area (Å²) in [5.41, 5.74) is 6.15. The number of nitrogens with two attached hydrogens (primary N) is 1. The van der Waals surface area contributed by atoms with Crippen LogP contribution in [0.1, 0.15) is 22.8 Å². The minimum absolute atomic E-state index is 0.122. The highest BCUT2D eigenvalue weighted by Crippen LogP contribution is 2.30. The largest absolute Gasteiger partial charge is 0.448 e. The van der Waals surface area contributed by atoms with Gasteiger partial charge in [-0.3, -0.25) is 9.48 Å². The van der Waals surface area contributed by atoms with E-state index in [4.69, 9.17) is 10.5 Å². The smallest absolute Gasteiger partial charge is 0.409 e. The number of nitriles is 1. The van der Waals surface area contributed by atoms with Crippen molar-refractivity contribution >= 4 is 23.5 Å². The average molecular weight is 443 g/mol. The van der Waals surface area contributed by atoms with Gasteiger partial charge in [0.05, 0.1) is 18.0 Å². The van der Waals surface area contributed by atoms with E-state index in [1.54, 1.807) is 0 Å². The third kappa shape index (κ3) is 5.53. The van der Waals surface area contributed by atoms with Crippen LogP contribution in [0.2, 0.25) is 0 Å². The van der Waals surface area contributed by atoms with Gasteiger partial charge in [-0.1, -0.05) is 0 Å². The van der Waals surface area contributed by atoms with Crippen LogP contribution in [0.4, 0.5) is 20.7 Å². The number of ether oxygens (including phenoxy) is 1. The van der Waals surface area contributed by atoms with Gasteiger partial charge in [0.1, 0.15) is 18.0 Å². The highest BCUT2D eigenvalue weighted by Gasteiger charge is 2.35. The van der Waals surface area contributed by atoms with Crippen LogP contribution in [0.5, 0.6) is 0 Å². The molecule has 2 amide bonds. The molecule has 170 valence electrons. The Hall–Kier alpha value is -3.65. The molecule has 2 aromatic rings. The maximum absolute atomic E-state index is 13.2. The van der Waals surface area contributed by atoms with Crippen LogP contribution in [0.25, 0.3) is 0 Å². The summed E-state index contributed by atoms with van der Waals surface area (Å²) in [6.07, 6.45) is 1.45. The van der Waals surface area contributed by atoms with Crippen LogP contribution >= 0.6 is 0 Å². The Bertz CT molecular complexity index is 1000. The van der Waals surface area contributed by atoms with Crippen LogP contribution < -0.4 is 11.1 Å². The molecule has 11 heteroatoms. The van der Waals surface area contributed by atoms with Gasteiger partial charge in [0.2, 0.25) is 0 Å². The molecule has 10 nitrogen and oxygen atoms in total. The number of primary amides is 1. The predicted molar refractivity (Wildman–Crippen MR) is 115 cm³/mol. The Morgan fingerprint density at radius 1 is 1.38 bits per heavy atom. The van der Waals surface area contributed by atoms with Crippen molar-refractivity contribution in [2.75, 3.05) is 45.7 Å². The van der Waals surface area contributed by atoms with E-state index in [0.29, 0.717) is 25.2 Å². The van der Waals surface area contributed by atoms with E-state index in [0.717, 1.165) is 0 Å². The SMILES string of the molecule is CN(C)CCOC(=O)N1CC[C@@H](C#N)C(n2cc(C(N)=O)c(Nc3ccc(F)cc3)n2)C1. The van der Waals surface area contributed by atoms with E-state index in [9.17, 15) is 19.2 Å². The van der Waals surface area contributed by atoms with Crippen LogP contribution in [0.3, 0.4) is 0 Å². The number of likely N-dealkylation sites (tertiary alicyclic amines) is 1. The van der Waals surface area contributed by atoms with Gasteiger partial charge in [0, 0.05) is 31.5 Å². The molecule has 1 aromatic heterocycles. The van der Waals surface area contributed by atoms with E-state index >= 15 is 0 Å². The van der Waals surface area contributed by atoms with E-state index in [-0.39, 0.29) is 24.5 Å². The number of hydrogen-bond acceptors (Lipinski definition) is 7. The zero-order chi connectivity index (χ0) is 23.3. The van der Waals surface area contributed by atoms with Crippen molar-refractivity contribution in [2.24, 2.45) is 11.7 Å². The van der Waals surface area contributed by atoms with Gasteiger partial charge in [-0.05, 0) is 44.8 Å². The first-order valence-corrected chi connectivity index (χ1v) is 10.2. The van der Waals surface area contributed by atoms with Crippen molar-refractivity contribution in [1.29, 1.82) is 5.26 Å². The summed E-state index contributed by atoms with van der Waals surface area (Å²) in [7, 11) is 3.77. The normalized spacial score (nSPS) is 18.3. The zero-order valence-electron chi connectivity index (χ0n) is 18.0. The molecule has 2 heterocycles. The molecule has 3 rings (SSSR count). The molecule has 1 saturated heterocycles. The molecule has 0 bridgehead atoms. The van der Waals surface area contributed by atoms with Gasteiger partial charge in [-0.15, -0.1) is 0 Å². The number of carbonyl (C=O) groups is 2. The van der Waals surface area contributed by atoms with Crippen molar-refractivity contribution in [1.82, 2.24) is 19.6 Å². The van der Waals surface area contributed by atoms with Crippen molar-refractivity contribution < 1.29 is 18.7 Å². The number of carbonyl (C=O) groups excluding carboxylic acids is 2. The van der Waals surface area contributed by atoms with Gasteiger partial charge in [-0.2, -0.15) is 10.4 Å². The number of rotatable bonds is 7.